The summed E-state index contributed by atoms with van der Waals surface area (Å²) in [4.78, 5) is 8.82. The Bertz CT molecular complexity index is 696. The molecule has 1 saturated carbocycles. The predicted molar refractivity (Wildman–Crippen MR) is 98.9 cm³/mol. The first kappa shape index (κ1) is 16.8. The van der Waals surface area contributed by atoms with Gasteiger partial charge in [0.05, 0.1) is 18.1 Å². The zero-order valence-corrected chi connectivity index (χ0v) is 14.9. The molecule has 7 nitrogen and oxygen atoms in total. The van der Waals surface area contributed by atoms with E-state index in [1.54, 1.807) is 6.33 Å². The number of morpholine rings is 1. The molecule has 3 N–H and O–H groups in total. The first-order valence-electron chi connectivity index (χ1n) is 9.37. The highest BCUT2D eigenvalue weighted by Gasteiger charge is 2.27. The van der Waals surface area contributed by atoms with Crippen molar-refractivity contribution in [2.24, 2.45) is 5.92 Å². The Morgan fingerprint density at radius 2 is 2.28 bits per heavy atom. The van der Waals surface area contributed by atoms with E-state index in [1.165, 1.54) is 19.3 Å². The fourth-order valence-corrected chi connectivity index (χ4v) is 4.15. The third kappa shape index (κ3) is 3.63. The second kappa shape index (κ2) is 7.68. The van der Waals surface area contributed by atoms with E-state index in [-0.39, 0.29) is 0 Å². The van der Waals surface area contributed by atoms with E-state index in [0.29, 0.717) is 12.1 Å². The van der Waals surface area contributed by atoms with Crippen LogP contribution in [-0.4, -0.2) is 60.5 Å². The lowest BCUT2D eigenvalue weighted by Crippen LogP contribution is -2.44. The van der Waals surface area contributed by atoms with Crippen molar-refractivity contribution in [3.05, 3.63) is 18.6 Å². The summed E-state index contributed by atoms with van der Waals surface area (Å²) in [7, 11) is 1.90. The molecule has 25 heavy (non-hydrogen) atoms. The van der Waals surface area contributed by atoms with Gasteiger partial charge in [-0.2, -0.15) is 0 Å². The van der Waals surface area contributed by atoms with Crippen LogP contribution in [-0.2, 0) is 4.74 Å². The Labute approximate surface area is 148 Å². The Morgan fingerprint density at radius 3 is 3.12 bits per heavy atom. The number of aromatic nitrogens is 3. The van der Waals surface area contributed by atoms with Gasteiger partial charge in [-0.3, -0.25) is 0 Å². The van der Waals surface area contributed by atoms with E-state index in [4.69, 9.17) is 4.74 Å². The first-order valence-corrected chi connectivity index (χ1v) is 9.37. The van der Waals surface area contributed by atoms with E-state index >= 15 is 0 Å². The molecule has 3 atom stereocenters. The standard InChI is InChI=1S/C18H28N6O/c1-19-17-16-4-6-24(18(16)23-12-22-17)14-3-2-13(8-14)9-21-11-15-10-20-5-7-25-15/h4,6,12-15,20-21H,2-3,5,7-11H2,1H3,(H,19,22,23)/t13-,14+,15?/m1/s1. The molecule has 2 aromatic rings. The van der Waals surface area contributed by atoms with Gasteiger partial charge in [-0.25, -0.2) is 9.97 Å². The maximum absolute atomic E-state index is 5.74. The van der Waals surface area contributed by atoms with E-state index in [0.717, 1.165) is 55.6 Å². The van der Waals surface area contributed by atoms with Crippen molar-refractivity contribution in [3.63, 3.8) is 0 Å². The lowest BCUT2D eigenvalue weighted by atomic mass is 10.1. The number of nitrogens with zero attached hydrogens (tertiary/aromatic N) is 3. The third-order valence-corrected chi connectivity index (χ3v) is 5.46. The molecule has 136 valence electrons. The summed E-state index contributed by atoms with van der Waals surface area (Å²) >= 11 is 0. The molecule has 0 amide bonds. The Kier molecular flexibility index (Phi) is 5.14. The van der Waals surface area contributed by atoms with E-state index in [2.05, 4.69) is 42.7 Å². The number of hydrogen-bond acceptors (Lipinski definition) is 6. The van der Waals surface area contributed by atoms with Gasteiger partial charge in [0.25, 0.3) is 0 Å². The Morgan fingerprint density at radius 1 is 1.32 bits per heavy atom. The maximum Gasteiger partial charge on any atom is 0.145 e. The summed E-state index contributed by atoms with van der Waals surface area (Å²) in [5, 5.41) is 11.2. The van der Waals surface area contributed by atoms with Gasteiger partial charge in [-0.15, -0.1) is 0 Å². The highest BCUT2D eigenvalue weighted by Crippen LogP contribution is 2.36. The van der Waals surface area contributed by atoms with Crippen molar-refractivity contribution < 1.29 is 4.74 Å². The highest BCUT2D eigenvalue weighted by atomic mass is 16.5. The number of ether oxygens (including phenoxy) is 1. The van der Waals surface area contributed by atoms with Crippen molar-refractivity contribution in [1.29, 1.82) is 0 Å². The highest BCUT2D eigenvalue weighted by molar-refractivity contribution is 5.87. The van der Waals surface area contributed by atoms with Crippen LogP contribution in [0.1, 0.15) is 25.3 Å². The summed E-state index contributed by atoms with van der Waals surface area (Å²) in [6.45, 7) is 4.79. The fourth-order valence-electron chi connectivity index (χ4n) is 4.15. The molecule has 7 heteroatoms. The zero-order chi connectivity index (χ0) is 17.1. The van der Waals surface area contributed by atoms with Crippen LogP contribution in [0.4, 0.5) is 5.82 Å². The normalized spacial score (nSPS) is 27.0. The molecule has 0 aromatic carbocycles. The average molecular weight is 344 g/mol. The molecule has 1 aliphatic carbocycles. The fraction of sp³-hybridized carbons (Fsp3) is 0.667. The van der Waals surface area contributed by atoms with Gasteiger partial charge in [0.2, 0.25) is 0 Å². The van der Waals surface area contributed by atoms with Crippen LogP contribution in [0.25, 0.3) is 11.0 Å². The Hall–Kier alpha value is -1.70. The molecule has 1 saturated heterocycles. The van der Waals surface area contributed by atoms with E-state index < -0.39 is 0 Å². The third-order valence-electron chi connectivity index (χ3n) is 5.46. The van der Waals surface area contributed by atoms with Gasteiger partial charge in [0.1, 0.15) is 17.8 Å². The van der Waals surface area contributed by atoms with Gasteiger partial charge in [0.15, 0.2) is 0 Å². The minimum Gasteiger partial charge on any atom is -0.374 e. The molecule has 0 bridgehead atoms. The molecule has 2 fully saturated rings. The minimum absolute atomic E-state index is 0.316. The van der Waals surface area contributed by atoms with Crippen LogP contribution in [0.3, 0.4) is 0 Å². The number of hydrogen-bond donors (Lipinski definition) is 3. The van der Waals surface area contributed by atoms with Crippen molar-refractivity contribution in [2.45, 2.75) is 31.4 Å². The van der Waals surface area contributed by atoms with E-state index in [9.17, 15) is 0 Å². The van der Waals surface area contributed by atoms with Gasteiger partial charge < -0.3 is 25.3 Å². The van der Waals surface area contributed by atoms with Crippen molar-refractivity contribution in [3.8, 4) is 0 Å². The topological polar surface area (TPSA) is 76.0 Å². The van der Waals surface area contributed by atoms with Gasteiger partial charge >= 0.3 is 0 Å². The van der Waals surface area contributed by atoms with Crippen LogP contribution in [0.15, 0.2) is 18.6 Å². The SMILES string of the molecule is CNc1ncnc2c1ccn2[C@H]1CC[C@@H](CNCC2CNCCO2)C1. The summed E-state index contributed by atoms with van der Waals surface area (Å²) in [6, 6.07) is 2.66. The molecule has 0 radical (unpaired) electrons. The molecule has 4 rings (SSSR count). The van der Waals surface area contributed by atoms with Crippen LogP contribution >= 0.6 is 0 Å². The molecule has 3 heterocycles. The van der Waals surface area contributed by atoms with E-state index in [1.807, 2.05) is 7.05 Å². The molecule has 1 unspecified atom stereocenters. The second-order valence-corrected chi connectivity index (χ2v) is 7.12. The predicted octanol–water partition coefficient (Wildman–Crippen LogP) is 1.39. The molecular weight excluding hydrogens is 316 g/mol. The summed E-state index contributed by atoms with van der Waals surface area (Å²) in [6.07, 6.45) is 7.83. The second-order valence-electron chi connectivity index (χ2n) is 7.12. The first-order chi connectivity index (χ1) is 12.3. The quantitative estimate of drug-likeness (QED) is 0.735. The lowest BCUT2D eigenvalue weighted by Gasteiger charge is -2.24. The van der Waals surface area contributed by atoms with Crippen molar-refractivity contribution in [2.75, 3.05) is 45.2 Å². The van der Waals surface area contributed by atoms with Crippen LogP contribution in [0, 0.1) is 5.92 Å². The lowest BCUT2D eigenvalue weighted by molar-refractivity contribution is 0.0288. The molecule has 1 aliphatic heterocycles. The summed E-state index contributed by atoms with van der Waals surface area (Å²) in [5.74, 6) is 1.63. The number of nitrogens with one attached hydrogen (secondary N) is 3. The average Bonchev–Trinajstić information content (AvgIpc) is 3.29. The van der Waals surface area contributed by atoms with Gasteiger partial charge in [0, 0.05) is 38.9 Å². The van der Waals surface area contributed by atoms with Crippen LogP contribution < -0.4 is 16.0 Å². The minimum atomic E-state index is 0.316. The zero-order valence-electron chi connectivity index (χ0n) is 14.9. The van der Waals surface area contributed by atoms with Crippen LogP contribution in [0.2, 0.25) is 0 Å². The summed E-state index contributed by atoms with van der Waals surface area (Å²) in [5.41, 5.74) is 1.04. The Balaban J connectivity index is 1.33. The van der Waals surface area contributed by atoms with Gasteiger partial charge in [-0.05, 0) is 37.8 Å². The maximum atomic E-state index is 5.74. The molecule has 0 spiro atoms. The van der Waals surface area contributed by atoms with Crippen LogP contribution in [0.5, 0.6) is 0 Å². The monoisotopic (exact) mass is 344 g/mol. The van der Waals surface area contributed by atoms with Crippen molar-refractivity contribution >= 4 is 16.9 Å². The smallest absolute Gasteiger partial charge is 0.145 e. The number of anilines is 1. The van der Waals surface area contributed by atoms with Crippen molar-refractivity contribution in [1.82, 2.24) is 25.2 Å². The number of fused-ring (bicyclic) bond motifs is 1. The summed E-state index contributed by atoms with van der Waals surface area (Å²) < 4.78 is 8.08. The molecule has 2 aromatic heterocycles. The number of rotatable bonds is 6. The van der Waals surface area contributed by atoms with Gasteiger partial charge in [-0.1, -0.05) is 0 Å². The molecule has 2 aliphatic rings. The molecular formula is C18H28N6O. The largest absolute Gasteiger partial charge is 0.374 e.